The Labute approximate surface area is 293 Å². The average molecular weight is 728 g/mol. The summed E-state index contributed by atoms with van der Waals surface area (Å²) in [7, 11) is 0. The lowest BCUT2D eigenvalue weighted by Gasteiger charge is -2.28. The van der Waals surface area contributed by atoms with Crippen LogP contribution >= 0.6 is 0 Å². The third-order valence-corrected chi connectivity index (χ3v) is 8.41. The summed E-state index contributed by atoms with van der Waals surface area (Å²) in [4.78, 5) is 114. The fraction of sp³-hybridized carbons (Fsp3) is 0.700. The Morgan fingerprint density at radius 2 is 1.29 bits per heavy atom. The van der Waals surface area contributed by atoms with Crippen LogP contribution < -0.4 is 38.1 Å². The van der Waals surface area contributed by atoms with Crippen molar-refractivity contribution in [3.8, 4) is 0 Å². The Balaban J connectivity index is 1.98. The summed E-state index contributed by atoms with van der Waals surface area (Å²) >= 11 is 0. The van der Waals surface area contributed by atoms with Crippen LogP contribution in [0.4, 0.5) is 0 Å². The zero-order chi connectivity index (χ0) is 38.1. The van der Waals surface area contributed by atoms with Gasteiger partial charge in [-0.2, -0.15) is 0 Å². The molecule has 21 nitrogen and oxygen atoms in total. The number of hydrogen-bond donors (Lipinski definition) is 10. The molecule has 0 aromatic carbocycles. The van der Waals surface area contributed by atoms with Crippen LogP contribution in [0.3, 0.4) is 0 Å². The Bertz CT molecular complexity index is 1300. The maximum absolute atomic E-state index is 13.5. The van der Waals surface area contributed by atoms with Gasteiger partial charge in [-0.15, -0.1) is 0 Å². The smallest absolute Gasteiger partial charge is 0.326 e. The molecule has 0 saturated carbocycles. The van der Waals surface area contributed by atoms with Crippen LogP contribution in [0.15, 0.2) is 0 Å². The molecule has 2 fully saturated rings. The topological polar surface area (TPSA) is 333 Å². The predicted octanol–water partition coefficient (Wildman–Crippen LogP) is -5.32. The van der Waals surface area contributed by atoms with Crippen LogP contribution in [0.1, 0.15) is 57.8 Å². The number of carboxylic acids is 2. The summed E-state index contributed by atoms with van der Waals surface area (Å²) < 4.78 is 0. The zero-order valence-electron chi connectivity index (χ0n) is 28.3. The minimum Gasteiger partial charge on any atom is -0.481 e. The molecule has 2 heterocycles. The van der Waals surface area contributed by atoms with Crippen molar-refractivity contribution in [3.63, 3.8) is 0 Å². The fourth-order valence-electron chi connectivity index (χ4n) is 5.76. The highest BCUT2D eigenvalue weighted by molar-refractivity contribution is 5.96. The number of carbonyl (C=O) groups is 9. The Morgan fingerprint density at radius 3 is 1.86 bits per heavy atom. The lowest BCUT2D eigenvalue weighted by Crippen LogP contribution is -2.57. The van der Waals surface area contributed by atoms with Gasteiger partial charge in [0.15, 0.2) is 0 Å². The summed E-state index contributed by atoms with van der Waals surface area (Å²) in [6.45, 7) is -1.71. The van der Waals surface area contributed by atoms with Gasteiger partial charge in [-0.1, -0.05) is 0 Å². The van der Waals surface area contributed by atoms with E-state index in [0.29, 0.717) is 45.2 Å². The average Bonchev–Trinajstić information content (AvgIpc) is 3.80. The molecule has 2 saturated heterocycles. The first-order valence-electron chi connectivity index (χ1n) is 16.7. The van der Waals surface area contributed by atoms with E-state index in [1.807, 2.05) is 0 Å². The number of carbonyl (C=O) groups excluding carboxylic acids is 7. The first-order valence-corrected chi connectivity index (χ1v) is 16.7. The number of amides is 7. The minimum atomic E-state index is -1.48. The molecule has 0 spiro atoms. The SMILES string of the molecule is NCCCC[C@H](NC(=O)CNC(=O)[C@@H]1CCCN1C(=O)[C@H](CCC(=O)O)NC(=O)CNC(=O)[C@H](CO)NC(=O)[C@@H]1CCCN1C(=O)CN)C(=O)O. The molecule has 0 bridgehead atoms. The standard InChI is InChI=1S/C30H49N9O12/c31-10-2-1-5-18(30(50)51)36-23(42)15-34-27(47)20-6-4-12-39(20)29(49)17(8-9-25(44)45)35-22(41)14-33-26(46)19(16-40)37-28(48)21-7-3-11-38(21)24(43)13-32/h17-21,40H,1-16,31-32H2,(H,33,46)(H,34,47)(H,35,41)(H,36,42)(H,37,48)(H,44,45)(H,50,51)/t17-,18-,19-,20-,21-/m0/s1. The van der Waals surface area contributed by atoms with Crippen molar-refractivity contribution < 1.29 is 58.5 Å². The second kappa shape index (κ2) is 21.4. The van der Waals surface area contributed by atoms with Crippen molar-refractivity contribution in [1.82, 2.24) is 36.4 Å². The minimum absolute atomic E-state index is 0.0781. The van der Waals surface area contributed by atoms with Crippen molar-refractivity contribution in [2.24, 2.45) is 11.5 Å². The Morgan fingerprint density at radius 1 is 0.706 bits per heavy atom. The van der Waals surface area contributed by atoms with E-state index in [-0.39, 0.29) is 32.4 Å². The number of likely N-dealkylation sites (tertiary alicyclic amines) is 2. The largest absolute Gasteiger partial charge is 0.481 e. The Hall–Kier alpha value is -4.89. The Kier molecular flexibility index (Phi) is 17.7. The fourth-order valence-corrected chi connectivity index (χ4v) is 5.76. The summed E-state index contributed by atoms with van der Waals surface area (Å²) in [5.41, 5.74) is 10.8. The van der Waals surface area contributed by atoms with Gasteiger partial charge in [-0.05, 0) is 57.9 Å². The van der Waals surface area contributed by atoms with Crippen molar-refractivity contribution in [2.75, 3.05) is 45.9 Å². The number of nitrogens with two attached hydrogens (primary N) is 2. The normalized spacial score (nSPS) is 18.6. The van der Waals surface area contributed by atoms with Gasteiger partial charge in [0, 0.05) is 19.5 Å². The second-order valence-electron chi connectivity index (χ2n) is 12.1. The van der Waals surface area contributed by atoms with Crippen LogP contribution in [-0.4, -0.2) is 154 Å². The van der Waals surface area contributed by atoms with Gasteiger partial charge in [-0.3, -0.25) is 38.4 Å². The van der Waals surface area contributed by atoms with Gasteiger partial charge < -0.3 is 63.2 Å². The van der Waals surface area contributed by atoms with Gasteiger partial charge in [0.1, 0.15) is 30.2 Å². The lowest BCUT2D eigenvalue weighted by molar-refractivity contribution is -0.143. The number of rotatable bonds is 21. The van der Waals surface area contributed by atoms with Crippen molar-refractivity contribution in [2.45, 2.75) is 88.0 Å². The van der Waals surface area contributed by atoms with E-state index in [1.165, 1.54) is 4.90 Å². The number of carboxylic acid groups (broad SMARTS) is 2. The molecule has 7 amide bonds. The zero-order valence-corrected chi connectivity index (χ0v) is 28.3. The van der Waals surface area contributed by atoms with E-state index in [0.717, 1.165) is 4.90 Å². The summed E-state index contributed by atoms with van der Waals surface area (Å²) in [6.07, 6.45) is 1.70. The monoisotopic (exact) mass is 727 g/mol. The molecule has 51 heavy (non-hydrogen) atoms. The summed E-state index contributed by atoms with van der Waals surface area (Å²) in [5, 5.41) is 39.9. The van der Waals surface area contributed by atoms with E-state index in [9.17, 15) is 58.5 Å². The highest BCUT2D eigenvalue weighted by atomic mass is 16.4. The molecule has 0 aliphatic carbocycles. The molecule has 2 aliphatic heterocycles. The van der Waals surface area contributed by atoms with E-state index < -0.39 is 110 Å². The molecule has 0 aromatic heterocycles. The molecular formula is C30H49N9O12. The van der Waals surface area contributed by atoms with Gasteiger partial charge in [0.2, 0.25) is 41.4 Å². The molecule has 12 N–H and O–H groups in total. The highest BCUT2D eigenvalue weighted by Crippen LogP contribution is 2.20. The van der Waals surface area contributed by atoms with E-state index in [2.05, 4.69) is 26.6 Å². The van der Waals surface area contributed by atoms with Crippen LogP contribution in [0.2, 0.25) is 0 Å². The predicted molar refractivity (Wildman–Crippen MR) is 175 cm³/mol. The van der Waals surface area contributed by atoms with Gasteiger partial charge in [0.25, 0.3) is 0 Å². The molecule has 286 valence electrons. The van der Waals surface area contributed by atoms with Crippen molar-refractivity contribution in [1.29, 1.82) is 0 Å². The van der Waals surface area contributed by atoms with Crippen LogP contribution in [0, 0.1) is 0 Å². The van der Waals surface area contributed by atoms with Gasteiger partial charge in [0.05, 0.1) is 26.2 Å². The quantitative estimate of drug-likeness (QED) is 0.0494. The van der Waals surface area contributed by atoms with E-state index >= 15 is 0 Å². The van der Waals surface area contributed by atoms with Crippen LogP contribution in [-0.2, 0) is 43.2 Å². The number of aliphatic hydroxyl groups is 1. The third kappa shape index (κ3) is 13.4. The molecule has 0 radical (unpaired) electrons. The first-order chi connectivity index (χ1) is 24.2. The summed E-state index contributed by atoms with van der Waals surface area (Å²) in [6, 6.07) is -6.05. The van der Waals surface area contributed by atoms with E-state index in [1.54, 1.807) is 0 Å². The van der Waals surface area contributed by atoms with E-state index in [4.69, 9.17) is 11.5 Å². The number of hydrogen-bond acceptors (Lipinski definition) is 12. The van der Waals surface area contributed by atoms with Crippen LogP contribution in [0.5, 0.6) is 0 Å². The molecule has 21 heteroatoms. The number of aliphatic carboxylic acids is 2. The maximum atomic E-state index is 13.5. The van der Waals surface area contributed by atoms with Crippen molar-refractivity contribution in [3.05, 3.63) is 0 Å². The number of unbranched alkanes of at least 4 members (excludes halogenated alkanes) is 1. The van der Waals surface area contributed by atoms with Crippen LogP contribution in [0.25, 0.3) is 0 Å². The van der Waals surface area contributed by atoms with Gasteiger partial charge in [-0.25, -0.2) is 4.79 Å². The summed E-state index contributed by atoms with van der Waals surface area (Å²) in [5.74, 6) is -7.79. The molecule has 2 aliphatic rings. The lowest BCUT2D eigenvalue weighted by atomic mass is 10.1. The number of aliphatic hydroxyl groups excluding tert-OH is 1. The molecular weight excluding hydrogens is 678 g/mol. The molecule has 0 aromatic rings. The maximum Gasteiger partial charge on any atom is 0.326 e. The number of nitrogens with zero attached hydrogens (tertiary/aromatic N) is 2. The highest BCUT2D eigenvalue weighted by Gasteiger charge is 2.38. The van der Waals surface area contributed by atoms with Gasteiger partial charge >= 0.3 is 11.9 Å². The number of nitrogens with one attached hydrogen (secondary N) is 5. The molecule has 0 unspecified atom stereocenters. The second-order valence-corrected chi connectivity index (χ2v) is 12.1. The van der Waals surface area contributed by atoms with Crippen molar-refractivity contribution >= 4 is 53.3 Å². The first kappa shape index (κ1) is 42.3. The molecule has 2 rings (SSSR count). The molecule has 5 atom stereocenters. The third-order valence-electron chi connectivity index (χ3n) is 8.41.